The molecule has 0 radical (unpaired) electrons. The smallest absolute Gasteiger partial charge is 0.231 e. The van der Waals surface area contributed by atoms with Crippen molar-refractivity contribution in [2.45, 2.75) is 50.1 Å². The number of hydrogen-bond donors (Lipinski definition) is 1. The first-order chi connectivity index (χ1) is 13.7. The summed E-state index contributed by atoms with van der Waals surface area (Å²) in [4.78, 5) is 13.6. The number of aryl methyl sites for hydroxylation is 1. The number of amides is 1. The van der Waals surface area contributed by atoms with Gasteiger partial charge in [-0.2, -0.15) is 5.10 Å². The van der Waals surface area contributed by atoms with Gasteiger partial charge in [0.25, 0.3) is 0 Å². The van der Waals surface area contributed by atoms with Crippen LogP contribution in [0.1, 0.15) is 48.5 Å². The second-order valence-electron chi connectivity index (χ2n) is 7.77. The molecule has 0 spiro atoms. The van der Waals surface area contributed by atoms with Gasteiger partial charge in [-0.25, -0.2) is 0 Å². The van der Waals surface area contributed by atoms with Crippen LogP contribution in [0.25, 0.3) is 0 Å². The number of hydrogen-bond acceptors (Lipinski definition) is 4. The number of nitrogens with one attached hydrogen (secondary N) is 1. The summed E-state index contributed by atoms with van der Waals surface area (Å²) in [5.74, 6) is 0.103. The number of carbonyl (C=O) groups is 1. The Kier molecular flexibility index (Phi) is 5.78. The third kappa shape index (κ3) is 3.71. The molecule has 1 aromatic carbocycles. The van der Waals surface area contributed by atoms with E-state index in [1.54, 1.807) is 7.11 Å². The molecule has 1 N–H and O–H groups in total. The first kappa shape index (κ1) is 19.2. The van der Waals surface area contributed by atoms with Crippen molar-refractivity contribution < 1.29 is 14.3 Å². The highest BCUT2D eigenvalue weighted by Gasteiger charge is 2.43. The molecule has 6 nitrogen and oxygen atoms in total. The normalized spacial score (nSPS) is 21.1. The van der Waals surface area contributed by atoms with Crippen LogP contribution in [0, 0.1) is 0 Å². The van der Waals surface area contributed by atoms with Crippen LogP contribution in [0.15, 0.2) is 36.5 Å². The van der Waals surface area contributed by atoms with E-state index in [2.05, 4.69) is 23.6 Å². The van der Waals surface area contributed by atoms with Crippen LogP contribution in [0.4, 0.5) is 0 Å². The number of benzene rings is 1. The summed E-state index contributed by atoms with van der Waals surface area (Å²) in [5.41, 5.74) is 2.83. The summed E-state index contributed by atoms with van der Waals surface area (Å²) in [6.45, 7) is 2.60. The molecule has 1 saturated heterocycles. The van der Waals surface area contributed by atoms with Crippen molar-refractivity contribution in [1.82, 2.24) is 15.1 Å². The lowest BCUT2D eigenvalue weighted by atomic mass is 9.73. The van der Waals surface area contributed by atoms with Crippen molar-refractivity contribution in [1.29, 1.82) is 0 Å². The molecule has 1 aliphatic carbocycles. The molecule has 2 heterocycles. The van der Waals surface area contributed by atoms with Crippen LogP contribution in [-0.4, -0.2) is 42.6 Å². The first-order valence-electron chi connectivity index (χ1n) is 10.2. The Morgan fingerprint density at radius 3 is 2.86 bits per heavy atom. The highest BCUT2D eigenvalue weighted by atomic mass is 16.5. The average molecular weight is 383 g/mol. The summed E-state index contributed by atoms with van der Waals surface area (Å²) in [6.07, 6.45) is 6.55. The van der Waals surface area contributed by atoms with Crippen molar-refractivity contribution in [3.05, 3.63) is 53.3 Å². The summed E-state index contributed by atoms with van der Waals surface area (Å²) in [5, 5.41) is 8.11. The van der Waals surface area contributed by atoms with Crippen molar-refractivity contribution in [2.75, 3.05) is 26.9 Å². The predicted octanol–water partition coefficient (Wildman–Crippen LogP) is 2.77. The second-order valence-corrected chi connectivity index (χ2v) is 7.77. The van der Waals surface area contributed by atoms with Gasteiger partial charge in [-0.3, -0.25) is 9.48 Å². The van der Waals surface area contributed by atoms with Gasteiger partial charge in [0.05, 0.1) is 30.3 Å². The molecular formula is C22H29N3O3. The second kappa shape index (κ2) is 8.45. The Bertz CT molecular complexity index is 797. The van der Waals surface area contributed by atoms with Crippen LogP contribution < -0.4 is 5.32 Å². The number of ether oxygens (including phenoxy) is 2. The van der Waals surface area contributed by atoms with E-state index in [1.807, 2.05) is 22.9 Å². The Morgan fingerprint density at radius 2 is 2.11 bits per heavy atom. The highest BCUT2D eigenvalue weighted by Crippen LogP contribution is 2.37. The summed E-state index contributed by atoms with van der Waals surface area (Å²) in [6, 6.07) is 10.1. The zero-order valence-electron chi connectivity index (χ0n) is 16.5. The minimum Gasteiger partial charge on any atom is -0.383 e. The molecule has 150 valence electrons. The molecule has 4 rings (SSSR count). The quantitative estimate of drug-likeness (QED) is 0.833. The first-order valence-corrected chi connectivity index (χ1v) is 10.2. The maximum Gasteiger partial charge on any atom is 0.231 e. The van der Waals surface area contributed by atoms with Crippen LogP contribution in [0.3, 0.4) is 0 Å². The summed E-state index contributed by atoms with van der Waals surface area (Å²) >= 11 is 0. The SMILES string of the molecule is COCCn1cc2c(n1)[C@@H](NC(=O)C1(c3ccccc3)CCOCC1)CCC2. The number of aromatic nitrogens is 2. The Balaban J connectivity index is 1.57. The molecule has 2 aromatic rings. The van der Waals surface area contributed by atoms with Gasteiger partial charge in [0.15, 0.2) is 0 Å². The van der Waals surface area contributed by atoms with Crippen LogP contribution in [-0.2, 0) is 32.6 Å². The molecule has 1 atom stereocenters. The minimum absolute atomic E-state index is 0.0246. The lowest BCUT2D eigenvalue weighted by Gasteiger charge is -2.37. The molecule has 0 unspecified atom stereocenters. The van der Waals surface area contributed by atoms with Gasteiger partial charge in [0.2, 0.25) is 5.91 Å². The molecule has 1 aromatic heterocycles. The van der Waals surface area contributed by atoms with E-state index in [4.69, 9.17) is 14.6 Å². The number of rotatable bonds is 6. The van der Waals surface area contributed by atoms with E-state index < -0.39 is 5.41 Å². The predicted molar refractivity (Wildman–Crippen MR) is 106 cm³/mol. The van der Waals surface area contributed by atoms with Gasteiger partial charge in [0.1, 0.15) is 0 Å². The van der Waals surface area contributed by atoms with E-state index in [-0.39, 0.29) is 11.9 Å². The number of methoxy groups -OCH3 is 1. The molecule has 0 saturated carbocycles. The van der Waals surface area contributed by atoms with Crippen molar-refractivity contribution in [2.24, 2.45) is 0 Å². The fraction of sp³-hybridized carbons (Fsp3) is 0.545. The number of fused-ring (bicyclic) bond motifs is 1. The molecule has 1 aliphatic heterocycles. The van der Waals surface area contributed by atoms with E-state index >= 15 is 0 Å². The van der Waals surface area contributed by atoms with Gasteiger partial charge >= 0.3 is 0 Å². The topological polar surface area (TPSA) is 65.4 Å². The van der Waals surface area contributed by atoms with Gasteiger partial charge in [0, 0.05) is 26.5 Å². The van der Waals surface area contributed by atoms with Gasteiger partial charge in [-0.05, 0) is 43.2 Å². The maximum atomic E-state index is 13.6. The van der Waals surface area contributed by atoms with Crippen LogP contribution >= 0.6 is 0 Å². The number of nitrogens with zero attached hydrogens (tertiary/aromatic N) is 2. The number of carbonyl (C=O) groups excluding carboxylic acids is 1. The molecular weight excluding hydrogens is 354 g/mol. The summed E-state index contributed by atoms with van der Waals surface area (Å²) < 4.78 is 12.7. The van der Waals surface area contributed by atoms with E-state index in [1.165, 1.54) is 5.56 Å². The fourth-order valence-corrected chi connectivity index (χ4v) is 4.46. The third-order valence-corrected chi connectivity index (χ3v) is 6.08. The summed E-state index contributed by atoms with van der Waals surface area (Å²) in [7, 11) is 1.70. The minimum atomic E-state index is -0.518. The lowest BCUT2D eigenvalue weighted by Crippen LogP contribution is -2.49. The Hall–Kier alpha value is -2.18. The average Bonchev–Trinajstić information content (AvgIpc) is 3.17. The molecule has 28 heavy (non-hydrogen) atoms. The Labute approximate surface area is 166 Å². The third-order valence-electron chi connectivity index (χ3n) is 6.08. The fourth-order valence-electron chi connectivity index (χ4n) is 4.46. The van der Waals surface area contributed by atoms with Gasteiger partial charge in [-0.15, -0.1) is 0 Å². The molecule has 1 fully saturated rings. The Morgan fingerprint density at radius 1 is 1.32 bits per heavy atom. The maximum absolute atomic E-state index is 13.6. The highest BCUT2D eigenvalue weighted by molar-refractivity contribution is 5.88. The molecule has 2 aliphatic rings. The van der Waals surface area contributed by atoms with Crippen molar-refractivity contribution in [3.8, 4) is 0 Å². The molecule has 6 heteroatoms. The lowest BCUT2D eigenvalue weighted by molar-refractivity contribution is -0.131. The monoisotopic (exact) mass is 383 g/mol. The van der Waals surface area contributed by atoms with E-state index in [0.717, 1.165) is 37.1 Å². The van der Waals surface area contributed by atoms with E-state index in [9.17, 15) is 4.79 Å². The molecule has 0 bridgehead atoms. The van der Waals surface area contributed by atoms with Gasteiger partial charge in [-0.1, -0.05) is 30.3 Å². The standard InChI is InChI=1S/C22H29N3O3/c1-27-15-12-25-16-17-6-5-9-19(20(17)24-25)23-21(26)22(10-13-28-14-11-22)18-7-3-2-4-8-18/h2-4,7-8,16,19H,5-6,9-15H2,1H3,(H,23,26)/t19-/m0/s1. The van der Waals surface area contributed by atoms with Crippen molar-refractivity contribution in [3.63, 3.8) is 0 Å². The van der Waals surface area contributed by atoms with Crippen molar-refractivity contribution >= 4 is 5.91 Å². The van der Waals surface area contributed by atoms with E-state index in [0.29, 0.717) is 32.7 Å². The largest absolute Gasteiger partial charge is 0.383 e. The molecule has 1 amide bonds. The zero-order chi connectivity index (χ0) is 19.4. The van der Waals surface area contributed by atoms with Gasteiger partial charge < -0.3 is 14.8 Å². The van der Waals surface area contributed by atoms with Crippen LogP contribution in [0.5, 0.6) is 0 Å². The van der Waals surface area contributed by atoms with Crippen LogP contribution in [0.2, 0.25) is 0 Å². The zero-order valence-corrected chi connectivity index (χ0v) is 16.5.